The molecular formula is C19H22N4O4. The number of benzene rings is 1. The van der Waals surface area contributed by atoms with Crippen molar-refractivity contribution in [3.8, 4) is 22.9 Å². The molecule has 0 amide bonds. The predicted molar refractivity (Wildman–Crippen MR) is 96.8 cm³/mol. The van der Waals surface area contributed by atoms with Gasteiger partial charge < -0.3 is 23.3 Å². The summed E-state index contributed by atoms with van der Waals surface area (Å²) in [6.45, 7) is 3.18. The van der Waals surface area contributed by atoms with Crippen molar-refractivity contribution >= 4 is 0 Å². The van der Waals surface area contributed by atoms with Crippen LogP contribution in [0.3, 0.4) is 0 Å². The summed E-state index contributed by atoms with van der Waals surface area (Å²) >= 11 is 0. The van der Waals surface area contributed by atoms with Crippen LogP contribution in [0.4, 0.5) is 0 Å². The smallest absolute Gasteiger partial charge is 0.255 e. The number of nitrogens with zero attached hydrogens (tertiary/aromatic N) is 4. The van der Waals surface area contributed by atoms with Crippen LogP contribution in [0.1, 0.15) is 36.2 Å². The monoisotopic (exact) mass is 370 g/mol. The first-order chi connectivity index (χ1) is 13.2. The molecule has 0 N–H and O–H groups in total. The van der Waals surface area contributed by atoms with Crippen molar-refractivity contribution in [1.29, 1.82) is 0 Å². The van der Waals surface area contributed by atoms with Gasteiger partial charge >= 0.3 is 0 Å². The first kappa shape index (κ1) is 17.5. The van der Waals surface area contributed by atoms with Gasteiger partial charge in [0.15, 0.2) is 17.3 Å². The Balaban J connectivity index is 1.65. The van der Waals surface area contributed by atoms with Crippen molar-refractivity contribution in [2.45, 2.75) is 32.4 Å². The van der Waals surface area contributed by atoms with Crippen LogP contribution in [0.15, 0.2) is 29.0 Å². The zero-order valence-corrected chi connectivity index (χ0v) is 15.6. The minimum absolute atomic E-state index is 0.0883. The molecule has 2 aromatic heterocycles. The van der Waals surface area contributed by atoms with Gasteiger partial charge in [-0.2, -0.15) is 4.98 Å². The van der Waals surface area contributed by atoms with Crippen molar-refractivity contribution in [2.24, 2.45) is 0 Å². The fourth-order valence-electron chi connectivity index (χ4n) is 3.34. The summed E-state index contributed by atoms with van der Waals surface area (Å²) in [5.74, 6) is 3.18. The average molecular weight is 370 g/mol. The molecular weight excluding hydrogens is 348 g/mol. The molecule has 3 aromatic rings. The molecule has 0 aliphatic carbocycles. The Hall–Kier alpha value is -2.87. The number of aryl methyl sites for hydroxylation is 1. The number of imidazole rings is 1. The van der Waals surface area contributed by atoms with Gasteiger partial charge in [0.1, 0.15) is 11.9 Å². The van der Waals surface area contributed by atoms with Crippen LogP contribution in [0.25, 0.3) is 11.4 Å². The highest BCUT2D eigenvalue weighted by Crippen LogP contribution is 2.38. The fourth-order valence-corrected chi connectivity index (χ4v) is 3.34. The lowest BCUT2D eigenvalue weighted by atomic mass is 10.1. The minimum atomic E-state index is -0.0883. The average Bonchev–Trinajstić information content (AvgIpc) is 3.42. The van der Waals surface area contributed by atoms with E-state index in [0.717, 1.165) is 36.4 Å². The largest absolute Gasteiger partial charge is 0.493 e. The van der Waals surface area contributed by atoms with E-state index < -0.39 is 0 Å². The summed E-state index contributed by atoms with van der Waals surface area (Å²) in [6.07, 6.45) is 5.46. The van der Waals surface area contributed by atoms with Gasteiger partial charge in [-0.05, 0) is 37.5 Å². The second-order valence-electron chi connectivity index (χ2n) is 6.48. The molecule has 0 bridgehead atoms. The topological polar surface area (TPSA) is 84.4 Å². The molecule has 0 radical (unpaired) electrons. The van der Waals surface area contributed by atoms with E-state index in [-0.39, 0.29) is 6.10 Å². The van der Waals surface area contributed by atoms with Gasteiger partial charge in [-0.25, -0.2) is 4.98 Å². The third-order valence-corrected chi connectivity index (χ3v) is 4.58. The molecule has 1 fully saturated rings. The summed E-state index contributed by atoms with van der Waals surface area (Å²) < 4.78 is 24.0. The van der Waals surface area contributed by atoms with Crippen LogP contribution in [-0.4, -0.2) is 40.5 Å². The summed E-state index contributed by atoms with van der Waals surface area (Å²) in [6, 6.07) is 3.96. The molecule has 3 heterocycles. The summed E-state index contributed by atoms with van der Waals surface area (Å²) in [7, 11) is 3.25. The maximum atomic E-state index is 5.60. The Morgan fingerprint density at radius 3 is 2.89 bits per heavy atom. The van der Waals surface area contributed by atoms with E-state index >= 15 is 0 Å². The molecule has 1 atom stereocenters. The minimum Gasteiger partial charge on any atom is -0.493 e. The Labute approximate surface area is 157 Å². The van der Waals surface area contributed by atoms with E-state index in [4.69, 9.17) is 18.7 Å². The van der Waals surface area contributed by atoms with Crippen LogP contribution in [0.2, 0.25) is 0 Å². The van der Waals surface area contributed by atoms with Crippen LogP contribution >= 0.6 is 0 Å². The molecule has 1 unspecified atom stereocenters. The Bertz CT molecular complexity index is 928. The second kappa shape index (κ2) is 7.40. The lowest BCUT2D eigenvalue weighted by Gasteiger charge is -2.14. The van der Waals surface area contributed by atoms with Gasteiger partial charge in [0, 0.05) is 19.0 Å². The molecule has 27 heavy (non-hydrogen) atoms. The lowest BCUT2D eigenvalue weighted by molar-refractivity contribution is 0.0835. The quantitative estimate of drug-likeness (QED) is 0.659. The van der Waals surface area contributed by atoms with E-state index in [1.165, 1.54) is 0 Å². The van der Waals surface area contributed by atoms with Gasteiger partial charge in [0.05, 0.1) is 26.3 Å². The van der Waals surface area contributed by atoms with Crippen molar-refractivity contribution in [2.75, 3.05) is 20.8 Å². The van der Waals surface area contributed by atoms with E-state index in [2.05, 4.69) is 15.1 Å². The highest BCUT2D eigenvalue weighted by molar-refractivity contribution is 5.70. The number of rotatable bonds is 6. The second-order valence-corrected chi connectivity index (χ2v) is 6.48. The van der Waals surface area contributed by atoms with Crippen molar-refractivity contribution in [3.05, 3.63) is 41.8 Å². The van der Waals surface area contributed by atoms with Crippen LogP contribution in [0, 0.1) is 6.92 Å². The Kier molecular flexibility index (Phi) is 4.81. The van der Waals surface area contributed by atoms with Crippen molar-refractivity contribution in [3.63, 3.8) is 0 Å². The molecule has 1 aliphatic heterocycles. The standard InChI is InChI=1S/C19H22N4O4/c1-12-9-13(17(25-3)15(10-12)24-2)18-20-6-7-23(18)11-16-21-19(27-22-16)14-5-4-8-26-14/h6-7,9-10,14H,4-5,8,11H2,1-3H3. The van der Waals surface area contributed by atoms with Gasteiger partial charge in [-0.3, -0.25) is 0 Å². The predicted octanol–water partition coefficient (Wildman–Crippen LogP) is 3.16. The highest BCUT2D eigenvalue weighted by Gasteiger charge is 2.24. The van der Waals surface area contributed by atoms with Gasteiger partial charge in [-0.15, -0.1) is 0 Å². The first-order valence-electron chi connectivity index (χ1n) is 8.87. The van der Waals surface area contributed by atoms with Crippen LogP contribution < -0.4 is 9.47 Å². The van der Waals surface area contributed by atoms with E-state index in [9.17, 15) is 0 Å². The summed E-state index contributed by atoms with van der Waals surface area (Å²) in [5.41, 5.74) is 1.90. The van der Waals surface area contributed by atoms with Crippen molar-refractivity contribution in [1.82, 2.24) is 19.7 Å². The molecule has 1 aliphatic rings. The maximum absolute atomic E-state index is 5.60. The third kappa shape index (κ3) is 3.40. The summed E-state index contributed by atoms with van der Waals surface area (Å²) in [5, 5.41) is 4.09. The van der Waals surface area contributed by atoms with Gasteiger partial charge in [0.2, 0.25) is 0 Å². The molecule has 0 spiro atoms. The number of methoxy groups -OCH3 is 2. The zero-order chi connectivity index (χ0) is 18.8. The third-order valence-electron chi connectivity index (χ3n) is 4.58. The molecule has 0 saturated carbocycles. The number of hydrogen-bond acceptors (Lipinski definition) is 7. The van der Waals surface area contributed by atoms with Crippen LogP contribution in [0.5, 0.6) is 11.5 Å². The Morgan fingerprint density at radius 1 is 1.26 bits per heavy atom. The lowest BCUT2D eigenvalue weighted by Crippen LogP contribution is -2.05. The zero-order valence-electron chi connectivity index (χ0n) is 15.6. The summed E-state index contributed by atoms with van der Waals surface area (Å²) in [4.78, 5) is 9.00. The molecule has 1 saturated heterocycles. The van der Waals surface area contributed by atoms with Crippen molar-refractivity contribution < 1.29 is 18.7 Å². The van der Waals surface area contributed by atoms with Gasteiger partial charge in [0.25, 0.3) is 5.89 Å². The highest BCUT2D eigenvalue weighted by atomic mass is 16.5. The van der Waals surface area contributed by atoms with Gasteiger partial charge in [-0.1, -0.05) is 5.16 Å². The maximum Gasteiger partial charge on any atom is 0.255 e. The van der Waals surface area contributed by atoms with E-state index in [1.54, 1.807) is 20.4 Å². The van der Waals surface area contributed by atoms with E-state index in [0.29, 0.717) is 29.8 Å². The number of hydrogen-bond donors (Lipinski definition) is 0. The molecule has 1 aromatic carbocycles. The fraction of sp³-hybridized carbons (Fsp3) is 0.421. The first-order valence-corrected chi connectivity index (χ1v) is 8.87. The SMILES string of the molecule is COc1cc(C)cc(-c2nccn2Cc2noc(C3CCCO3)n2)c1OC. The molecule has 4 rings (SSSR count). The normalized spacial score (nSPS) is 16.6. The Morgan fingerprint density at radius 2 is 2.15 bits per heavy atom. The molecule has 8 heteroatoms. The van der Waals surface area contributed by atoms with Crippen LogP contribution in [-0.2, 0) is 11.3 Å². The number of aromatic nitrogens is 4. The van der Waals surface area contributed by atoms with E-state index in [1.807, 2.05) is 29.8 Å². The molecule has 8 nitrogen and oxygen atoms in total. The number of ether oxygens (including phenoxy) is 3. The molecule has 142 valence electrons.